The molecule has 0 saturated carbocycles. The van der Waals surface area contributed by atoms with E-state index in [1.807, 2.05) is 18.2 Å². The maximum absolute atomic E-state index is 12.3. The first-order chi connectivity index (χ1) is 11.1. The topological polar surface area (TPSA) is 75.4 Å². The molecule has 118 valence electrons. The average Bonchev–Trinajstić information content (AvgIpc) is 2.59. The number of benzene rings is 2. The number of primary amides is 1. The molecule has 3 N–H and O–H groups in total. The van der Waals surface area contributed by atoms with E-state index in [0.717, 1.165) is 12.0 Å². The molecule has 23 heavy (non-hydrogen) atoms. The minimum atomic E-state index is -0.467. The SMILES string of the molecule is NC(=O)c1cccc(CNC(=O)N2CCc3ccccc3C2)c1. The van der Waals surface area contributed by atoms with E-state index in [0.29, 0.717) is 25.2 Å². The van der Waals surface area contributed by atoms with Crippen LogP contribution in [0.2, 0.25) is 0 Å². The van der Waals surface area contributed by atoms with Gasteiger partial charge in [0.15, 0.2) is 0 Å². The Morgan fingerprint density at radius 1 is 1.09 bits per heavy atom. The second kappa shape index (κ2) is 6.52. The second-order valence-electron chi connectivity index (χ2n) is 5.66. The number of carbonyl (C=O) groups is 2. The molecule has 3 amide bonds. The Hall–Kier alpha value is -2.82. The summed E-state index contributed by atoms with van der Waals surface area (Å²) in [5.41, 5.74) is 9.08. The van der Waals surface area contributed by atoms with Gasteiger partial charge in [0.1, 0.15) is 0 Å². The highest BCUT2D eigenvalue weighted by Crippen LogP contribution is 2.18. The molecule has 2 aromatic carbocycles. The molecular formula is C18H19N3O2. The minimum Gasteiger partial charge on any atom is -0.366 e. The standard InChI is InChI=1S/C18H19N3O2/c19-17(22)15-7-3-4-13(10-15)11-20-18(23)21-9-8-14-5-1-2-6-16(14)12-21/h1-7,10H,8-9,11-12H2,(H2,19,22)(H,20,23). The molecule has 0 spiro atoms. The van der Waals surface area contributed by atoms with Crippen molar-refractivity contribution in [2.24, 2.45) is 5.73 Å². The van der Waals surface area contributed by atoms with E-state index in [1.165, 1.54) is 11.1 Å². The monoisotopic (exact) mass is 309 g/mol. The number of carbonyl (C=O) groups excluding carboxylic acids is 2. The van der Waals surface area contributed by atoms with Crippen molar-refractivity contribution in [1.82, 2.24) is 10.2 Å². The summed E-state index contributed by atoms with van der Waals surface area (Å²) in [7, 11) is 0. The fourth-order valence-corrected chi connectivity index (χ4v) is 2.79. The van der Waals surface area contributed by atoms with Gasteiger partial charge in [-0.25, -0.2) is 4.79 Å². The predicted molar refractivity (Wildman–Crippen MR) is 87.8 cm³/mol. The number of hydrogen-bond acceptors (Lipinski definition) is 2. The number of nitrogens with one attached hydrogen (secondary N) is 1. The summed E-state index contributed by atoms with van der Waals surface area (Å²) in [5, 5.41) is 2.90. The number of urea groups is 1. The van der Waals surface area contributed by atoms with Crippen molar-refractivity contribution >= 4 is 11.9 Å². The van der Waals surface area contributed by atoms with Crippen molar-refractivity contribution in [2.75, 3.05) is 6.54 Å². The summed E-state index contributed by atoms with van der Waals surface area (Å²) in [6.07, 6.45) is 0.876. The van der Waals surface area contributed by atoms with E-state index < -0.39 is 5.91 Å². The van der Waals surface area contributed by atoms with E-state index in [2.05, 4.69) is 17.4 Å². The van der Waals surface area contributed by atoms with Crippen LogP contribution >= 0.6 is 0 Å². The van der Waals surface area contributed by atoms with Crippen LogP contribution in [0.25, 0.3) is 0 Å². The molecule has 0 aromatic heterocycles. The Kier molecular flexibility index (Phi) is 4.28. The Morgan fingerprint density at radius 3 is 2.65 bits per heavy atom. The molecule has 0 unspecified atom stereocenters. The van der Waals surface area contributed by atoms with Crippen LogP contribution < -0.4 is 11.1 Å². The third-order valence-electron chi connectivity index (χ3n) is 4.07. The van der Waals surface area contributed by atoms with Crippen LogP contribution in [0.15, 0.2) is 48.5 Å². The lowest BCUT2D eigenvalue weighted by atomic mass is 10.0. The molecule has 5 heteroatoms. The number of amides is 3. The number of nitrogens with two attached hydrogens (primary N) is 1. The van der Waals surface area contributed by atoms with Gasteiger partial charge in [-0.15, -0.1) is 0 Å². The largest absolute Gasteiger partial charge is 0.366 e. The lowest BCUT2D eigenvalue weighted by molar-refractivity contribution is 0.1000. The summed E-state index contributed by atoms with van der Waals surface area (Å²) in [5.74, 6) is -0.467. The van der Waals surface area contributed by atoms with Gasteiger partial charge in [0, 0.05) is 25.2 Å². The maximum Gasteiger partial charge on any atom is 0.317 e. The lowest BCUT2D eigenvalue weighted by Crippen LogP contribution is -2.42. The van der Waals surface area contributed by atoms with Crippen LogP contribution in [0.3, 0.4) is 0 Å². The molecule has 0 bridgehead atoms. The van der Waals surface area contributed by atoms with Gasteiger partial charge in [0.05, 0.1) is 0 Å². The van der Waals surface area contributed by atoms with Gasteiger partial charge in [-0.3, -0.25) is 4.79 Å². The quantitative estimate of drug-likeness (QED) is 0.910. The fourth-order valence-electron chi connectivity index (χ4n) is 2.79. The first kappa shape index (κ1) is 15.1. The highest BCUT2D eigenvalue weighted by molar-refractivity contribution is 5.92. The summed E-state index contributed by atoms with van der Waals surface area (Å²) in [6.45, 7) is 1.71. The van der Waals surface area contributed by atoms with Crippen molar-refractivity contribution in [1.29, 1.82) is 0 Å². The number of rotatable bonds is 3. The Balaban J connectivity index is 1.60. The Bertz CT molecular complexity index is 743. The Morgan fingerprint density at radius 2 is 1.87 bits per heavy atom. The second-order valence-corrected chi connectivity index (χ2v) is 5.66. The number of hydrogen-bond donors (Lipinski definition) is 2. The molecular weight excluding hydrogens is 290 g/mol. The van der Waals surface area contributed by atoms with Crippen molar-refractivity contribution in [3.05, 3.63) is 70.8 Å². The van der Waals surface area contributed by atoms with Crippen molar-refractivity contribution < 1.29 is 9.59 Å². The van der Waals surface area contributed by atoms with Crippen molar-refractivity contribution in [2.45, 2.75) is 19.5 Å². The zero-order valence-corrected chi connectivity index (χ0v) is 12.8. The van der Waals surface area contributed by atoms with Gasteiger partial charge in [-0.2, -0.15) is 0 Å². The lowest BCUT2D eigenvalue weighted by Gasteiger charge is -2.29. The van der Waals surface area contributed by atoms with Gasteiger partial charge in [0.25, 0.3) is 0 Å². The first-order valence-corrected chi connectivity index (χ1v) is 7.62. The number of fused-ring (bicyclic) bond motifs is 1. The van der Waals surface area contributed by atoms with Gasteiger partial charge < -0.3 is 16.0 Å². The normalized spacial score (nSPS) is 13.3. The molecule has 0 radical (unpaired) electrons. The highest BCUT2D eigenvalue weighted by atomic mass is 16.2. The van der Waals surface area contributed by atoms with Crippen LogP contribution in [0.4, 0.5) is 4.79 Å². The molecule has 0 atom stereocenters. The zero-order valence-electron chi connectivity index (χ0n) is 12.8. The Labute approximate surface area is 135 Å². The first-order valence-electron chi connectivity index (χ1n) is 7.62. The molecule has 0 saturated heterocycles. The van der Waals surface area contributed by atoms with Gasteiger partial charge in [-0.05, 0) is 35.2 Å². The summed E-state index contributed by atoms with van der Waals surface area (Å²) < 4.78 is 0. The molecule has 1 heterocycles. The van der Waals surface area contributed by atoms with E-state index in [4.69, 9.17) is 5.73 Å². The van der Waals surface area contributed by atoms with Gasteiger partial charge in [-0.1, -0.05) is 36.4 Å². The minimum absolute atomic E-state index is 0.0935. The summed E-state index contributed by atoms with van der Waals surface area (Å²) in [4.78, 5) is 25.3. The van der Waals surface area contributed by atoms with Crippen LogP contribution in [0.5, 0.6) is 0 Å². The maximum atomic E-state index is 12.3. The summed E-state index contributed by atoms with van der Waals surface area (Å²) in [6, 6.07) is 15.1. The highest BCUT2D eigenvalue weighted by Gasteiger charge is 2.19. The molecule has 3 rings (SSSR count). The van der Waals surface area contributed by atoms with Crippen LogP contribution in [0.1, 0.15) is 27.0 Å². The molecule has 2 aromatic rings. The third kappa shape index (κ3) is 3.51. The zero-order chi connectivity index (χ0) is 16.2. The van der Waals surface area contributed by atoms with E-state index in [1.54, 1.807) is 23.1 Å². The predicted octanol–water partition coefficient (Wildman–Crippen LogP) is 2.05. The van der Waals surface area contributed by atoms with Crippen LogP contribution in [-0.2, 0) is 19.5 Å². The smallest absolute Gasteiger partial charge is 0.317 e. The van der Waals surface area contributed by atoms with E-state index in [-0.39, 0.29) is 6.03 Å². The van der Waals surface area contributed by atoms with E-state index in [9.17, 15) is 9.59 Å². The molecule has 0 fully saturated rings. The molecule has 0 aliphatic carbocycles. The number of nitrogens with zero attached hydrogens (tertiary/aromatic N) is 1. The summed E-state index contributed by atoms with van der Waals surface area (Å²) >= 11 is 0. The van der Waals surface area contributed by atoms with Crippen LogP contribution in [0, 0.1) is 0 Å². The van der Waals surface area contributed by atoms with E-state index >= 15 is 0 Å². The molecule has 5 nitrogen and oxygen atoms in total. The van der Waals surface area contributed by atoms with Gasteiger partial charge in [0.2, 0.25) is 5.91 Å². The van der Waals surface area contributed by atoms with Gasteiger partial charge >= 0.3 is 6.03 Å². The average molecular weight is 309 g/mol. The molecule has 1 aliphatic heterocycles. The third-order valence-corrected chi connectivity index (χ3v) is 4.07. The fraction of sp³-hybridized carbons (Fsp3) is 0.222. The van der Waals surface area contributed by atoms with Crippen molar-refractivity contribution in [3.8, 4) is 0 Å². The van der Waals surface area contributed by atoms with Crippen molar-refractivity contribution in [3.63, 3.8) is 0 Å². The van der Waals surface area contributed by atoms with Crippen LogP contribution in [-0.4, -0.2) is 23.4 Å². The molecule has 1 aliphatic rings.